The maximum atomic E-state index is 9.19. The van der Waals surface area contributed by atoms with E-state index in [4.69, 9.17) is 4.55 Å². The number of hydrogen-bond donors (Lipinski definition) is 1. The van der Waals surface area contributed by atoms with Crippen LogP contribution in [0.3, 0.4) is 0 Å². The molecular weight excluding hydrogens is 154 g/mol. The van der Waals surface area contributed by atoms with Crippen LogP contribution in [-0.2, 0) is 10.1 Å². The minimum absolute atomic E-state index is 0. The average Bonchev–Trinajstić information content (AvgIpc) is 0.722. The summed E-state index contributed by atoms with van der Waals surface area (Å²) in [5.41, 5.74) is 0. The quantitative estimate of drug-likeness (QED) is 0.392. The lowest BCUT2D eigenvalue weighted by atomic mass is 12.0. The van der Waals surface area contributed by atoms with Gasteiger partial charge in [0.05, 0.1) is 6.26 Å². The first kappa shape index (κ1) is 15.7. The summed E-state index contributed by atoms with van der Waals surface area (Å²) in [5.74, 6) is 0. The average molecular weight is 164 g/mol. The SMILES string of the molecule is CS(=O)(=O)O.P.P. The summed E-state index contributed by atoms with van der Waals surface area (Å²) >= 11 is 0. The Morgan fingerprint density at radius 1 is 1.29 bits per heavy atom. The van der Waals surface area contributed by atoms with Crippen molar-refractivity contribution in [3.8, 4) is 0 Å². The summed E-state index contributed by atoms with van der Waals surface area (Å²) < 4.78 is 25.9. The van der Waals surface area contributed by atoms with Crippen LogP contribution < -0.4 is 0 Å². The van der Waals surface area contributed by atoms with Gasteiger partial charge < -0.3 is 0 Å². The predicted molar refractivity (Wildman–Crippen MR) is 39.7 cm³/mol. The molecule has 0 amide bonds. The Morgan fingerprint density at radius 3 is 1.29 bits per heavy atom. The molecule has 0 spiro atoms. The summed E-state index contributed by atoms with van der Waals surface area (Å²) in [6.07, 6.45) is 0.715. The summed E-state index contributed by atoms with van der Waals surface area (Å²) in [4.78, 5) is 0. The molecule has 0 aliphatic heterocycles. The molecule has 2 atom stereocenters. The predicted octanol–water partition coefficient (Wildman–Crippen LogP) is -0.380. The highest BCUT2D eigenvalue weighted by Crippen LogP contribution is 1.60. The van der Waals surface area contributed by atoms with E-state index in [0.29, 0.717) is 6.26 Å². The fourth-order valence-corrected chi connectivity index (χ4v) is 0. The van der Waals surface area contributed by atoms with Crippen molar-refractivity contribution >= 4 is 29.9 Å². The molecule has 0 aromatic rings. The standard InChI is InChI=1S/CH4O3S.2H3P/c1-5(2,3)4;;/h1H3,(H,2,3,4);2*1H3. The third kappa shape index (κ3) is 260. The van der Waals surface area contributed by atoms with E-state index >= 15 is 0 Å². The molecule has 1 N–H and O–H groups in total. The monoisotopic (exact) mass is 164 g/mol. The second-order valence-corrected chi connectivity index (χ2v) is 2.20. The topological polar surface area (TPSA) is 54.4 Å². The van der Waals surface area contributed by atoms with Crippen molar-refractivity contribution in [2.45, 2.75) is 0 Å². The van der Waals surface area contributed by atoms with E-state index in [1.165, 1.54) is 0 Å². The molecule has 0 heterocycles. The zero-order valence-electron chi connectivity index (χ0n) is 4.09. The second-order valence-electron chi connectivity index (χ2n) is 0.733. The zero-order valence-corrected chi connectivity index (χ0v) is 7.73. The Morgan fingerprint density at radius 2 is 1.29 bits per heavy atom. The first-order valence-corrected chi connectivity index (χ1v) is 2.77. The van der Waals surface area contributed by atoms with Crippen molar-refractivity contribution in [3.05, 3.63) is 0 Å². The maximum absolute atomic E-state index is 9.19. The molecule has 6 heteroatoms. The van der Waals surface area contributed by atoms with Gasteiger partial charge in [0.1, 0.15) is 0 Å². The summed E-state index contributed by atoms with van der Waals surface area (Å²) in [6, 6.07) is 0. The number of hydrogen-bond acceptors (Lipinski definition) is 2. The summed E-state index contributed by atoms with van der Waals surface area (Å²) in [6.45, 7) is 0. The van der Waals surface area contributed by atoms with Gasteiger partial charge in [0.15, 0.2) is 0 Å². The molecule has 0 aliphatic rings. The van der Waals surface area contributed by atoms with Gasteiger partial charge in [-0.2, -0.15) is 28.2 Å². The first-order valence-electron chi connectivity index (χ1n) is 0.924. The van der Waals surface area contributed by atoms with E-state index in [1.807, 2.05) is 0 Å². The fourth-order valence-electron chi connectivity index (χ4n) is 0. The summed E-state index contributed by atoms with van der Waals surface area (Å²) in [7, 11) is -3.67. The molecule has 0 radical (unpaired) electrons. The van der Waals surface area contributed by atoms with E-state index in [0.717, 1.165) is 0 Å². The van der Waals surface area contributed by atoms with E-state index in [1.54, 1.807) is 0 Å². The minimum atomic E-state index is -3.67. The van der Waals surface area contributed by atoms with Crippen molar-refractivity contribution in [3.63, 3.8) is 0 Å². The number of rotatable bonds is 0. The third-order valence-electron chi connectivity index (χ3n) is 0. The molecule has 0 fully saturated rings. The van der Waals surface area contributed by atoms with E-state index in [9.17, 15) is 8.42 Å². The van der Waals surface area contributed by atoms with Gasteiger partial charge in [-0.05, 0) is 0 Å². The lowest BCUT2D eigenvalue weighted by molar-refractivity contribution is 0.490. The Labute approximate surface area is 49.9 Å². The molecule has 0 saturated carbocycles. The molecule has 48 valence electrons. The van der Waals surface area contributed by atoms with Crippen molar-refractivity contribution in [2.24, 2.45) is 0 Å². The molecule has 0 rings (SSSR count). The van der Waals surface area contributed by atoms with Crippen LogP contribution in [0.2, 0.25) is 0 Å². The van der Waals surface area contributed by atoms with Gasteiger partial charge in [0.2, 0.25) is 0 Å². The largest absolute Gasteiger partial charge is 0.286 e. The normalized spacial score (nSPS) is 8.29. The molecule has 0 aliphatic carbocycles. The molecule has 0 bridgehead atoms. The molecule has 2 unspecified atom stereocenters. The van der Waals surface area contributed by atoms with Gasteiger partial charge in [0.25, 0.3) is 10.1 Å². The maximum Gasteiger partial charge on any atom is 0.261 e. The van der Waals surface area contributed by atoms with Crippen LogP contribution in [-0.4, -0.2) is 19.2 Å². The van der Waals surface area contributed by atoms with Crippen LogP contribution in [0.4, 0.5) is 0 Å². The third-order valence-corrected chi connectivity index (χ3v) is 0. The van der Waals surface area contributed by atoms with Crippen LogP contribution in [0.15, 0.2) is 0 Å². The van der Waals surface area contributed by atoms with Gasteiger partial charge in [-0.15, -0.1) is 0 Å². The van der Waals surface area contributed by atoms with E-state index in [-0.39, 0.29) is 19.8 Å². The minimum Gasteiger partial charge on any atom is -0.286 e. The van der Waals surface area contributed by atoms with Gasteiger partial charge >= 0.3 is 0 Å². The first-order chi connectivity index (χ1) is 2.00. The van der Waals surface area contributed by atoms with Crippen molar-refractivity contribution in [1.29, 1.82) is 0 Å². The van der Waals surface area contributed by atoms with E-state index in [2.05, 4.69) is 0 Å². The highest BCUT2D eigenvalue weighted by Gasteiger charge is 1.81. The molecule has 0 aromatic carbocycles. The van der Waals surface area contributed by atoms with Crippen LogP contribution in [0, 0.1) is 0 Å². The zero-order chi connectivity index (χ0) is 4.50. The van der Waals surface area contributed by atoms with Crippen LogP contribution in [0.1, 0.15) is 0 Å². The molecule has 3 nitrogen and oxygen atoms in total. The molecule has 0 saturated heterocycles. The molecule has 7 heavy (non-hydrogen) atoms. The Bertz CT molecular complexity index is 96.1. The van der Waals surface area contributed by atoms with E-state index < -0.39 is 10.1 Å². The Balaban J connectivity index is -0.0000000800. The Hall–Kier alpha value is 0.770. The Kier molecular flexibility index (Phi) is 11.0. The van der Waals surface area contributed by atoms with Crippen LogP contribution in [0.5, 0.6) is 0 Å². The highest BCUT2D eigenvalue weighted by atomic mass is 32.2. The van der Waals surface area contributed by atoms with Gasteiger partial charge in [-0.1, -0.05) is 0 Å². The van der Waals surface area contributed by atoms with Gasteiger partial charge in [0, 0.05) is 0 Å². The lowest BCUT2D eigenvalue weighted by Crippen LogP contribution is -1.88. The summed E-state index contributed by atoms with van der Waals surface area (Å²) in [5, 5.41) is 0. The fraction of sp³-hybridized carbons (Fsp3) is 1.00. The van der Waals surface area contributed by atoms with Crippen molar-refractivity contribution in [2.75, 3.05) is 6.26 Å². The van der Waals surface area contributed by atoms with Crippen molar-refractivity contribution in [1.82, 2.24) is 0 Å². The molecule has 0 aromatic heterocycles. The highest BCUT2D eigenvalue weighted by molar-refractivity contribution is 7.85. The second kappa shape index (κ2) is 4.92. The van der Waals surface area contributed by atoms with Crippen LogP contribution in [0.25, 0.3) is 0 Å². The van der Waals surface area contributed by atoms with Crippen molar-refractivity contribution < 1.29 is 13.0 Å². The lowest BCUT2D eigenvalue weighted by Gasteiger charge is -1.69. The smallest absolute Gasteiger partial charge is 0.261 e. The molecular formula is CH10O3P2S. The van der Waals surface area contributed by atoms with Gasteiger partial charge in [-0.3, -0.25) is 4.55 Å². The van der Waals surface area contributed by atoms with Crippen LogP contribution >= 0.6 is 19.8 Å². The van der Waals surface area contributed by atoms with Gasteiger partial charge in [-0.25, -0.2) is 0 Å².